The van der Waals surface area contributed by atoms with Crippen LogP contribution in [0, 0.1) is 39.0 Å². The van der Waals surface area contributed by atoms with Gasteiger partial charge in [0.05, 0.1) is 5.56 Å². The summed E-state index contributed by atoms with van der Waals surface area (Å²) in [6.45, 7) is 7.68. The Balaban J connectivity index is 1.80. The van der Waals surface area contributed by atoms with E-state index in [0.29, 0.717) is 39.4 Å². The van der Waals surface area contributed by atoms with Crippen molar-refractivity contribution in [2.45, 2.75) is 27.7 Å². The molecule has 0 amide bonds. The summed E-state index contributed by atoms with van der Waals surface area (Å²) in [5.41, 5.74) is 5.50. The van der Waals surface area contributed by atoms with Gasteiger partial charge in [0.25, 0.3) is 0 Å². The first-order chi connectivity index (χ1) is 15.9. The number of hydrogen-bond acceptors (Lipinski definition) is 9. The minimum atomic E-state index is 0.396. The molecule has 0 aliphatic rings. The number of pyridine rings is 1. The van der Waals surface area contributed by atoms with Gasteiger partial charge in [0.15, 0.2) is 11.6 Å². The van der Waals surface area contributed by atoms with Crippen molar-refractivity contribution >= 4 is 45.4 Å². The van der Waals surface area contributed by atoms with Gasteiger partial charge in [-0.25, -0.2) is 9.97 Å². The van der Waals surface area contributed by atoms with Crippen molar-refractivity contribution in [1.29, 1.82) is 5.26 Å². The number of azo groups is 1. The fourth-order valence-electron chi connectivity index (χ4n) is 3.10. The average Bonchev–Trinajstić information content (AvgIpc) is 3.22. The number of aryl methyl sites for hydroxylation is 3. The number of nitriles is 1. The molecule has 0 radical (unpaired) electrons. The number of benzene rings is 2. The molecule has 0 saturated carbocycles. The van der Waals surface area contributed by atoms with Crippen LogP contribution in [0.5, 0.6) is 0 Å². The van der Waals surface area contributed by atoms with Gasteiger partial charge in [-0.1, -0.05) is 35.4 Å². The molecule has 2 N–H and O–H groups in total. The highest BCUT2D eigenvalue weighted by molar-refractivity contribution is 7.09. The molecular formula is C24H22N8S. The number of aromatic nitrogens is 3. The van der Waals surface area contributed by atoms with Gasteiger partial charge in [-0.2, -0.15) is 9.64 Å². The van der Waals surface area contributed by atoms with Gasteiger partial charge >= 0.3 is 0 Å². The highest BCUT2D eigenvalue weighted by Gasteiger charge is 2.18. The fourth-order valence-corrected chi connectivity index (χ4v) is 3.60. The Morgan fingerprint density at radius 2 is 1.36 bits per heavy atom. The standard InChI is InChI=1S/C24H22N8S/c1-14-5-9-18(10-6-14)27-22-20(13-25)16(3)21(30-31-24-26-17(4)32-33-24)23(29-22)28-19-11-7-15(2)8-12-19/h5-12H,1-4H3,(H2,27,28,29). The van der Waals surface area contributed by atoms with Crippen LogP contribution in [0.2, 0.25) is 0 Å². The Kier molecular flexibility index (Phi) is 6.38. The van der Waals surface area contributed by atoms with Crippen LogP contribution in [0.4, 0.5) is 33.8 Å². The van der Waals surface area contributed by atoms with E-state index >= 15 is 0 Å². The smallest absolute Gasteiger partial charge is 0.249 e. The molecule has 4 rings (SSSR count). The van der Waals surface area contributed by atoms with Crippen LogP contribution in [0.25, 0.3) is 0 Å². The molecule has 0 aliphatic carbocycles. The summed E-state index contributed by atoms with van der Waals surface area (Å²) < 4.78 is 4.13. The summed E-state index contributed by atoms with van der Waals surface area (Å²) in [5.74, 6) is 1.56. The molecule has 0 unspecified atom stereocenters. The van der Waals surface area contributed by atoms with Crippen LogP contribution in [0.15, 0.2) is 58.8 Å². The topological polar surface area (TPSA) is 111 Å². The van der Waals surface area contributed by atoms with Crippen LogP contribution in [0.3, 0.4) is 0 Å². The lowest BCUT2D eigenvalue weighted by Crippen LogP contribution is -2.04. The summed E-state index contributed by atoms with van der Waals surface area (Å²) in [5, 5.41) is 25.6. The first-order valence-corrected chi connectivity index (χ1v) is 11.0. The SMILES string of the molecule is Cc1ccc(Nc2nc(Nc3ccc(C)cc3)c(N=Nc3nc(C)ns3)c(C)c2C#N)cc1. The van der Waals surface area contributed by atoms with Crippen molar-refractivity contribution < 1.29 is 0 Å². The van der Waals surface area contributed by atoms with E-state index in [0.717, 1.165) is 34.0 Å². The Bertz CT molecular complexity index is 1350. The van der Waals surface area contributed by atoms with E-state index in [2.05, 4.69) is 36.3 Å². The van der Waals surface area contributed by atoms with Gasteiger partial charge in [-0.15, -0.1) is 10.2 Å². The Morgan fingerprint density at radius 3 is 1.88 bits per heavy atom. The van der Waals surface area contributed by atoms with Crippen LogP contribution in [-0.4, -0.2) is 14.3 Å². The third-order valence-electron chi connectivity index (χ3n) is 4.91. The fraction of sp³-hybridized carbons (Fsp3) is 0.167. The average molecular weight is 455 g/mol. The molecule has 0 atom stereocenters. The van der Waals surface area contributed by atoms with Gasteiger partial charge in [-0.05, 0) is 52.0 Å². The summed E-state index contributed by atoms with van der Waals surface area (Å²) in [7, 11) is 0. The monoisotopic (exact) mass is 454 g/mol. The number of rotatable bonds is 6. The van der Waals surface area contributed by atoms with E-state index in [1.807, 2.05) is 69.3 Å². The lowest BCUT2D eigenvalue weighted by Gasteiger charge is -2.16. The molecule has 2 heterocycles. The van der Waals surface area contributed by atoms with Gasteiger partial charge in [0.2, 0.25) is 5.13 Å². The number of nitrogens with one attached hydrogen (secondary N) is 2. The van der Waals surface area contributed by atoms with E-state index in [-0.39, 0.29) is 0 Å². The second kappa shape index (κ2) is 9.54. The zero-order valence-electron chi connectivity index (χ0n) is 18.7. The van der Waals surface area contributed by atoms with Crippen molar-refractivity contribution in [2.75, 3.05) is 10.6 Å². The minimum absolute atomic E-state index is 0.396. The zero-order chi connectivity index (χ0) is 23.4. The molecule has 4 aromatic rings. The van der Waals surface area contributed by atoms with Crippen molar-refractivity contribution in [1.82, 2.24) is 14.3 Å². The second-order valence-electron chi connectivity index (χ2n) is 7.58. The first kappa shape index (κ1) is 22.0. The van der Waals surface area contributed by atoms with Crippen LogP contribution in [0.1, 0.15) is 28.1 Å². The van der Waals surface area contributed by atoms with Crippen LogP contribution < -0.4 is 10.6 Å². The summed E-state index contributed by atoms with van der Waals surface area (Å²) >= 11 is 1.16. The predicted molar refractivity (Wildman–Crippen MR) is 131 cm³/mol. The maximum atomic E-state index is 9.90. The van der Waals surface area contributed by atoms with E-state index < -0.39 is 0 Å². The first-order valence-electron chi connectivity index (χ1n) is 10.3. The Hall–Kier alpha value is -4.16. The summed E-state index contributed by atoms with van der Waals surface area (Å²) in [6, 6.07) is 18.1. The molecule has 0 saturated heterocycles. The van der Waals surface area contributed by atoms with E-state index in [4.69, 9.17) is 4.98 Å². The third-order valence-corrected chi connectivity index (χ3v) is 5.60. The summed E-state index contributed by atoms with van der Waals surface area (Å²) in [6.07, 6.45) is 0. The maximum Gasteiger partial charge on any atom is 0.249 e. The third kappa shape index (κ3) is 5.19. The molecule has 9 heteroatoms. The number of hydrogen-bond donors (Lipinski definition) is 2. The molecule has 0 aliphatic heterocycles. The Morgan fingerprint density at radius 1 is 0.788 bits per heavy atom. The van der Waals surface area contributed by atoms with E-state index in [1.165, 1.54) is 0 Å². The molecule has 8 nitrogen and oxygen atoms in total. The number of nitrogens with zero attached hydrogens (tertiary/aromatic N) is 6. The quantitative estimate of drug-likeness (QED) is 0.305. The molecular weight excluding hydrogens is 432 g/mol. The minimum Gasteiger partial charge on any atom is -0.339 e. The maximum absolute atomic E-state index is 9.90. The zero-order valence-corrected chi connectivity index (χ0v) is 19.5. The lowest BCUT2D eigenvalue weighted by atomic mass is 10.1. The molecule has 0 fully saturated rings. The molecule has 2 aromatic carbocycles. The Labute approximate surface area is 196 Å². The highest BCUT2D eigenvalue weighted by Crippen LogP contribution is 2.37. The van der Waals surface area contributed by atoms with Crippen LogP contribution >= 0.6 is 11.5 Å². The van der Waals surface area contributed by atoms with Crippen molar-refractivity contribution in [3.05, 3.63) is 76.6 Å². The molecule has 0 bridgehead atoms. The molecule has 0 spiro atoms. The second-order valence-corrected chi connectivity index (χ2v) is 8.31. The van der Waals surface area contributed by atoms with Gasteiger partial charge in [0.1, 0.15) is 17.6 Å². The van der Waals surface area contributed by atoms with Crippen molar-refractivity contribution in [3.8, 4) is 6.07 Å². The van der Waals surface area contributed by atoms with E-state index in [1.54, 1.807) is 6.92 Å². The largest absolute Gasteiger partial charge is 0.339 e. The highest BCUT2D eigenvalue weighted by atomic mass is 32.1. The molecule has 33 heavy (non-hydrogen) atoms. The number of anilines is 4. The lowest BCUT2D eigenvalue weighted by molar-refractivity contribution is 1.11. The van der Waals surface area contributed by atoms with Crippen LogP contribution in [-0.2, 0) is 0 Å². The van der Waals surface area contributed by atoms with Gasteiger partial charge in [-0.3, -0.25) is 0 Å². The van der Waals surface area contributed by atoms with Gasteiger partial charge < -0.3 is 10.6 Å². The van der Waals surface area contributed by atoms with Gasteiger partial charge in [0, 0.05) is 28.5 Å². The normalized spacial score (nSPS) is 10.9. The summed E-state index contributed by atoms with van der Waals surface area (Å²) in [4.78, 5) is 8.96. The molecule has 164 valence electrons. The van der Waals surface area contributed by atoms with E-state index in [9.17, 15) is 5.26 Å². The van der Waals surface area contributed by atoms with Crippen molar-refractivity contribution in [3.63, 3.8) is 0 Å². The van der Waals surface area contributed by atoms with Crippen molar-refractivity contribution in [2.24, 2.45) is 10.2 Å². The predicted octanol–water partition coefficient (Wildman–Crippen LogP) is 6.94. The molecule has 2 aromatic heterocycles.